The standard InChI is InChI=1S/C10H14Cl2N4O2/c1-18-7(17)5-3-2-4-6-13-10-15-8(11)14-9(12)16-10/h2-6H2,1H3,(H,13,14,15,16). The molecule has 0 unspecified atom stereocenters. The van der Waals surface area contributed by atoms with Gasteiger partial charge in [-0.2, -0.15) is 15.0 Å². The van der Waals surface area contributed by atoms with E-state index in [1.807, 2.05) is 0 Å². The third-order valence-electron chi connectivity index (χ3n) is 2.15. The Morgan fingerprint density at radius 2 is 1.83 bits per heavy atom. The second-order valence-corrected chi connectivity index (χ2v) is 4.19. The molecule has 8 heteroatoms. The van der Waals surface area contributed by atoms with E-state index in [0.717, 1.165) is 19.3 Å². The van der Waals surface area contributed by atoms with Gasteiger partial charge in [0, 0.05) is 13.0 Å². The van der Waals surface area contributed by atoms with Crippen molar-refractivity contribution in [1.29, 1.82) is 0 Å². The SMILES string of the molecule is COC(=O)CCCCCNc1nc(Cl)nc(Cl)n1. The van der Waals surface area contributed by atoms with Crippen LogP contribution in [0.1, 0.15) is 25.7 Å². The molecule has 0 saturated carbocycles. The van der Waals surface area contributed by atoms with E-state index in [2.05, 4.69) is 25.0 Å². The number of anilines is 1. The fraction of sp³-hybridized carbons (Fsp3) is 0.600. The minimum absolute atomic E-state index is 0.0585. The van der Waals surface area contributed by atoms with Crippen LogP contribution < -0.4 is 5.32 Å². The van der Waals surface area contributed by atoms with Crippen LogP contribution in [0.2, 0.25) is 10.6 Å². The number of carbonyl (C=O) groups excluding carboxylic acids is 1. The van der Waals surface area contributed by atoms with Gasteiger partial charge in [-0.3, -0.25) is 4.79 Å². The Kier molecular flexibility index (Phi) is 6.67. The maximum absolute atomic E-state index is 10.8. The van der Waals surface area contributed by atoms with E-state index in [4.69, 9.17) is 23.2 Å². The van der Waals surface area contributed by atoms with E-state index in [1.165, 1.54) is 7.11 Å². The normalized spacial score (nSPS) is 10.2. The summed E-state index contributed by atoms with van der Waals surface area (Å²) in [5, 5.41) is 3.10. The van der Waals surface area contributed by atoms with Crippen molar-refractivity contribution in [2.75, 3.05) is 19.0 Å². The summed E-state index contributed by atoms with van der Waals surface area (Å²) in [6, 6.07) is 0. The van der Waals surface area contributed by atoms with E-state index in [9.17, 15) is 4.79 Å². The van der Waals surface area contributed by atoms with Crippen molar-refractivity contribution in [2.24, 2.45) is 0 Å². The molecule has 0 amide bonds. The molecule has 1 aromatic rings. The average molecular weight is 293 g/mol. The molecule has 1 heterocycles. The summed E-state index contributed by atoms with van der Waals surface area (Å²) in [4.78, 5) is 22.2. The van der Waals surface area contributed by atoms with Crippen LogP contribution >= 0.6 is 23.2 Å². The Labute approximate surface area is 115 Å². The summed E-state index contributed by atoms with van der Waals surface area (Å²) in [5.74, 6) is 0.173. The Hall–Kier alpha value is -1.14. The van der Waals surface area contributed by atoms with Crippen LogP contribution in [-0.2, 0) is 9.53 Å². The van der Waals surface area contributed by atoms with Crippen LogP contribution in [0.5, 0.6) is 0 Å². The fourth-order valence-electron chi connectivity index (χ4n) is 1.28. The second kappa shape index (κ2) is 8.05. The van der Waals surface area contributed by atoms with E-state index < -0.39 is 0 Å². The summed E-state index contributed by atoms with van der Waals surface area (Å²) in [7, 11) is 1.39. The first-order valence-corrected chi connectivity index (χ1v) is 6.25. The number of hydrogen-bond acceptors (Lipinski definition) is 6. The number of carbonyl (C=O) groups is 1. The van der Waals surface area contributed by atoms with Crippen molar-refractivity contribution in [1.82, 2.24) is 15.0 Å². The highest BCUT2D eigenvalue weighted by atomic mass is 35.5. The van der Waals surface area contributed by atoms with E-state index in [0.29, 0.717) is 18.9 Å². The van der Waals surface area contributed by atoms with Gasteiger partial charge < -0.3 is 10.1 Å². The minimum Gasteiger partial charge on any atom is -0.469 e. The third kappa shape index (κ3) is 5.97. The van der Waals surface area contributed by atoms with E-state index in [-0.39, 0.29) is 16.5 Å². The maximum Gasteiger partial charge on any atom is 0.305 e. The molecule has 0 aliphatic carbocycles. The molecule has 0 radical (unpaired) electrons. The quantitative estimate of drug-likeness (QED) is 0.614. The van der Waals surface area contributed by atoms with Crippen molar-refractivity contribution in [3.8, 4) is 0 Å². The Morgan fingerprint density at radius 1 is 1.17 bits per heavy atom. The van der Waals surface area contributed by atoms with Crippen molar-refractivity contribution >= 4 is 35.1 Å². The van der Waals surface area contributed by atoms with E-state index >= 15 is 0 Å². The van der Waals surface area contributed by atoms with Gasteiger partial charge >= 0.3 is 5.97 Å². The molecule has 0 spiro atoms. The summed E-state index contributed by atoms with van der Waals surface area (Å²) in [6.45, 7) is 0.678. The highest BCUT2D eigenvalue weighted by molar-refractivity contribution is 6.31. The first-order chi connectivity index (χ1) is 8.61. The van der Waals surface area contributed by atoms with Crippen LogP contribution in [-0.4, -0.2) is 34.6 Å². The van der Waals surface area contributed by atoms with Gasteiger partial charge in [0.2, 0.25) is 16.5 Å². The third-order valence-corrected chi connectivity index (χ3v) is 2.49. The van der Waals surface area contributed by atoms with Gasteiger partial charge in [-0.15, -0.1) is 0 Å². The maximum atomic E-state index is 10.8. The highest BCUT2D eigenvalue weighted by Gasteiger charge is 2.02. The predicted molar refractivity (Wildman–Crippen MR) is 68.8 cm³/mol. The molecule has 0 aliphatic heterocycles. The highest BCUT2D eigenvalue weighted by Crippen LogP contribution is 2.09. The fourth-order valence-corrected chi connectivity index (χ4v) is 1.64. The van der Waals surface area contributed by atoms with Gasteiger partial charge in [0.25, 0.3) is 0 Å². The van der Waals surface area contributed by atoms with Gasteiger partial charge in [0.05, 0.1) is 7.11 Å². The minimum atomic E-state index is -0.181. The molecule has 6 nitrogen and oxygen atoms in total. The molecule has 1 N–H and O–H groups in total. The van der Waals surface area contributed by atoms with Crippen molar-refractivity contribution in [3.63, 3.8) is 0 Å². The lowest BCUT2D eigenvalue weighted by molar-refractivity contribution is -0.140. The van der Waals surface area contributed by atoms with Gasteiger partial charge in [-0.1, -0.05) is 6.42 Å². The number of rotatable bonds is 7. The largest absolute Gasteiger partial charge is 0.469 e. The topological polar surface area (TPSA) is 77.0 Å². The molecule has 18 heavy (non-hydrogen) atoms. The first kappa shape index (κ1) is 14.9. The molecule has 1 rings (SSSR count). The number of esters is 1. The Balaban J connectivity index is 2.16. The number of nitrogens with zero attached hydrogens (tertiary/aromatic N) is 3. The lowest BCUT2D eigenvalue weighted by Crippen LogP contribution is -2.07. The van der Waals surface area contributed by atoms with Crippen LogP contribution in [0.15, 0.2) is 0 Å². The Bertz CT molecular complexity index is 383. The Morgan fingerprint density at radius 3 is 2.44 bits per heavy atom. The molecule has 0 bridgehead atoms. The van der Waals surface area contributed by atoms with Gasteiger partial charge in [0.1, 0.15) is 0 Å². The average Bonchev–Trinajstić information content (AvgIpc) is 2.32. The zero-order valence-electron chi connectivity index (χ0n) is 9.95. The monoisotopic (exact) mass is 292 g/mol. The van der Waals surface area contributed by atoms with E-state index in [1.54, 1.807) is 0 Å². The summed E-state index contributed by atoms with van der Waals surface area (Å²) in [6.07, 6.45) is 3.04. The van der Waals surface area contributed by atoms with Gasteiger partial charge in [0.15, 0.2) is 0 Å². The molecule has 1 aromatic heterocycles. The molecular weight excluding hydrogens is 279 g/mol. The number of nitrogens with one attached hydrogen (secondary N) is 1. The van der Waals surface area contributed by atoms with Gasteiger partial charge in [-0.25, -0.2) is 0 Å². The zero-order chi connectivity index (χ0) is 13.4. The van der Waals surface area contributed by atoms with Gasteiger partial charge in [-0.05, 0) is 36.0 Å². The lowest BCUT2D eigenvalue weighted by Gasteiger charge is -2.04. The lowest BCUT2D eigenvalue weighted by atomic mass is 10.2. The van der Waals surface area contributed by atoms with Crippen molar-refractivity contribution in [3.05, 3.63) is 10.6 Å². The zero-order valence-corrected chi connectivity index (χ0v) is 11.5. The number of unbranched alkanes of at least 4 members (excludes halogenated alkanes) is 2. The molecule has 0 aliphatic rings. The number of hydrogen-bond donors (Lipinski definition) is 1. The predicted octanol–water partition coefficient (Wildman–Crippen LogP) is 2.32. The molecule has 0 saturated heterocycles. The molecule has 0 aromatic carbocycles. The second-order valence-electron chi connectivity index (χ2n) is 3.51. The summed E-state index contributed by atoms with van der Waals surface area (Å²) in [5.41, 5.74) is 0. The van der Waals surface area contributed by atoms with Crippen molar-refractivity contribution < 1.29 is 9.53 Å². The summed E-state index contributed by atoms with van der Waals surface area (Å²) < 4.78 is 4.54. The smallest absolute Gasteiger partial charge is 0.305 e. The molecule has 100 valence electrons. The number of aromatic nitrogens is 3. The number of halogens is 2. The molecule has 0 atom stereocenters. The van der Waals surface area contributed by atoms with Crippen molar-refractivity contribution in [2.45, 2.75) is 25.7 Å². The summed E-state index contributed by atoms with van der Waals surface area (Å²) >= 11 is 11.3. The van der Waals surface area contributed by atoms with Crippen LogP contribution in [0, 0.1) is 0 Å². The van der Waals surface area contributed by atoms with Crippen LogP contribution in [0.4, 0.5) is 5.95 Å². The number of ether oxygens (including phenoxy) is 1. The molecule has 0 fully saturated rings. The van der Waals surface area contributed by atoms with Crippen LogP contribution in [0.25, 0.3) is 0 Å². The number of methoxy groups -OCH3 is 1. The first-order valence-electron chi connectivity index (χ1n) is 5.49. The molecular formula is C10H14Cl2N4O2. The van der Waals surface area contributed by atoms with Crippen LogP contribution in [0.3, 0.4) is 0 Å².